The average molecular weight is 232 g/mol. The zero-order chi connectivity index (χ0) is 11.5. The van der Waals surface area contributed by atoms with E-state index >= 15 is 0 Å². The highest BCUT2D eigenvalue weighted by Crippen LogP contribution is 2.13. The van der Waals surface area contributed by atoms with Crippen LogP contribution >= 0.6 is 0 Å². The van der Waals surface area contributed by atoms with Gasteiger partial charge in [-0.2, -0.15) is 8.42 Å². The standard InChI is InChI=1S/C10H13FO3S/c1-3-8-4-5-10(11)9(6-8)7-14-15(2,12)13/h4-6H,3,7H2,1-2H3. The van der Waals surface area contributed by atoms with E-state index in [9.17, 15) is 12.8 Å². The summed E-state index contributed by atoms with van der Waals surface area (Å²) in [6, 6.07) is 4.60. The molecular formula is C10H13FO3S. The highest BCUT2D eigenvalue weighted by atomic mass is 32.2. The van der Waals surface area contributed by atoms with Crippen LogP contribution in [0.1, 0.15) is 18.1 Å². The maximum atomic E-state index is 13.2. The fourth-order valence-corrected chi connectivity index (χ4v) is 1.47. The van der Waals surface area contributed by atoms with Crippen LogP contribution in [0.15, 0.2) is 18.2 Å². The van der Waals surface area contributed by atoms with Crippen molar-refractivity contribution in [2.75, 3.05) is 6.26 Å². The smallest absolute Gasteiger partial charge is 0.264 e. The Bertz CT molecular complexity index is 440. The first-order chi connectivity index (χ1) is 6.92. The molecule has 84 valence electrons. The molecule has 0 radical (unpaired) electrons. The number of hydrogen-bond acceptors (Lipinski definition) is 3. The van der Waals surface area contributed by atoms with Gasteiger partial charge in [-0.15, -0.1) is 0 Å². The van der Waals surface area contributed by atoms with Crippen LogP contribution in [0.25, 0.3) is 0 Å². The largest absolute Gasteiger partial charge is 0.265 e. The molecule has 15 heavy (non-hydrogen) atoms. The maximum absolute atomic E-state index is 13.2. The Morgan fingerprint density at radius 1 is 1.40 bits per heavy atom. The van der Waals surface area contributed by atoms with E-state index in [1.807, 2.05) is 6.92 Å². The lowest BCUT2D eigenvalue weighted by molar-refractivity contribution is 0.305. The second kappa shape index (κ2) is 4.72. The molecule has 0 fully saturated rings. The van der Waals surface area contributed by atoms with Crippen molar-refractivity contribution >= 4 is 10.1 Å². The molecule has 0 bridgehead atoms. The number of halogens is 1. The van der Waals surface area contributed by atoms with E-state index in [0.717, 1.165) is 18.2 Å². The number of aryl methyl sites for hydroxylation is 1. The first-order valence-electron chi connectivity index (χ1n) is 4.54. The van der Waals surface area contributed by atoms with Gasteiger partial charge in [0.2, 0.25) is 0 Å². The van der Waals surface area contributed by atoms with Crippen LogP contribution in [-0.4, -0.2) is 14.7 Å². The highest BCUT2D eigenvalue weighted by molar-refractivity contribution is 7.85. The molecule has 0 saturated carbocycles. The van der Waals surface area contributed by atoms with Crippen molar-refractivity contribution in [3.63, 3.8) is 0 Å². The lowest BCUT2D eigenvalue weighted by Crippen LogP contribution is -2.04. The molecular weight excluding hydrogens is 219 g/mol. The average Bonchev–Trinajstić information content (AvgIpc) is 2.15. The van der Waals surface area contributed by atoms with Gasteiger partial charge >= 0.3 is 0 Å². The minimum Gasteiger partial charge on any atom is -0.265 e. The highest BCUT2D eigenvalue weighted by Gasteiger charge is 2.07. The van der Waals surface area contributed by atoms with E-state index in [2.05, 4.69) is 4.18 Å². The minimum absolute atomic E-state index is 0.251. The zero-order valence-electron chi connectivity index (χ0n) is 8.66. The van der Waals surface area contributed by atoms with Gasteiger partial charge < -0.3 is 0 Å². The predicted molar refractivity (Wildman–Crippen MR) is 55.4 cm³/mol. The van der Waals surface area contributed by atoms with Crippen LogP contribution < -0.4 is 0 Å². The number of benzene rings is 1. The molecule has 0 aliphatic rings. The molecule has 0 unspecified atom stereocenters. The van der Waals surface area contributed by atoms with Gasteiger partial charge in [-0.1, -0.05) is 19.1 Å². The topological polar surface area (TPSA) is 43.4 Å². The molecule has 3 nitrogen and oxygen atoms in total. The molecule has 0 heterocycles. The van der Waals surface area contributed by atoms with E-state index in [1.54, 1.807) is 12.1 Å². The third kappa shape index (κ3) is 3.97. The quantitative estimate of drug-likeness (QED) is 0.744. The van der Waals surface area contributed by atoms with E-state index in [0.29, 0.717) is 0 Å². The fourth-order valence-electron chi connectivity index (χ4n) is 1.13. The molecule has 1 aromatic carbocycles. The van der Waals surface area contributed by atoms with Crippen LogP contribution in [0, 0.1) is 5.82 Å². The summed E-state index contributed by atoms with van der Waals surface area (Å²) in [4.78, 5) is 0. The maximum Gasteiger partial charge on any atom is 0.264 e. The Balaban J connectivity index is 2.84. The van der Waals surface area contributed by atoms with Gasteiger partial charge in [0.15, 0.2) is 0 Å². The summed E-state index contributed by atoms with van der Waals surface area (Å²) in [5.41, 5.74) is 1.21. The number of hydrogen-bond donors (Lipinski definition) is 0. The van der Waals surface area contributed by atoms with Crippen LogP contribution in [0.4, 0.5) is 4.39 Å². The van der Waals surface area contributed by atoms with Crippen molar-refractivity contribution < 1.29 is 17.0 Å². The first-order valence-corrected chi connectivity index (χ1v) is 6.35. The van der Waals surface area contributed by atoms with Gasteiger partial charge in [-0.3, -0.25) is 4.18 Å². The van der Waals surface area contributed by atoms with E-state index in [1.165, 1.54) is 6.07 Å². The first kappa shape index (κ1) is 12.1. The molecule has 5 heteroatoms. The van der Waals surface area contributed by atoms with Gasteiger partial charge in [-0.25, -0.2) is 4.39 Å². The van der Waals surface area contributed by atoms with Gasteiger partial charge in [0.25, 0.3) is 10.1 Å². The van der Waals surface area contributed by atoms with Crippen molar-refractivity contribution in [2.24, 2.45) is 0 Å². The van der Waals surface area contributed by atoms with Crippen molar-refractivity contribution in [1.82, 2.24) is 0 Å². The summed E-state index contributed by atoms with van der Waals surface area (Å²) in [6.07, 6.45) is 1.71. The van der Waals surface area contributed by atoms with Gasteiger partial charge in [0.05, 0.1) is 12.9 Å². The molecule has 1 aromatic rings. The van der Waals surface area contributed by atoms with Crippen LogP contribution in [0.3, 0.4) is 0 Å². The van der Waals surface area contributed by atoms with E-state index in [-0.39, 0.29) is 12.2 Å². The zero-order valence-corrected chi connectivity index (χ0v) is 9.47. The summed E-state index contributed by atoms with van der Waals surface area (Å²) in [5, 5.41) is 0. The SMILES string of the molecule is CCc1ccc(F)c(COS(C)(=O)=O)c1. The van der Waals surface area contributed by atoms with Crippen molar-refractivity contribution in [1.29, 1.82) is 0 Å². The summed E-state index contributed by atoms with van der Waals surface area (Å²) in [6.45, 7) is 1.69. The summed E-state index contributed by atoms with van der Waals surface area (Å²) >= 11 is 0. The fraction of sp³-hybridized carbons (Fsp3) is 0.400. The van der Waals surface area contributed by atoms with Crippen molar-refractivity contribution in [3.8, 4) is 0 Å². The summed E-state index contributed by atoms with van der Waals surface area (Å²) in [7, 11) is -3.53. The lowest BCUT2D eigenvalue weighted by atomic mass is 10.1. The molecule has 0 saturated heterocycles. The van der Waals surface area contributed by atoms with E-state index < -0.39 is 15.9 Å². The molecule has 0 aliphatic heterocycles. The Kier molecular flexibility index (Phi) is 3.82. The van der Waals surface area contributed by atoms with Crippen LogP contribution in [0.5, 0.6) is 0 Å². The molecule has 0 atom stereocenters. The molecule has 0 spiro atoms. The molecule has 1 rings (SSSR count). The molecule has 0 aromatic heterocycles. The Morgan fingerprint density at radius 3 is 2.60 bits per heavy atom. The Hall–Kier alpha value is -0.940. The van der Waals surface area contributed by atoms with Crippen LogP contribution in [0.2, 0.25) is 0 Å². The number of rotatable bonds is 4. The van der Waals surface area contributed by atoms with Crippen molar-refractivity contribution in [3.05, 3.63) is 35.1 Å². The normalized spacial score (nSPS) is 11.7. The lowest BCUT2D eigenvalue weighted by Gasteiger charge is -2.05. The van der Waals surface area contributed by atoms with E-state index in [4.69, 9.17) is 0 Å². The Labute approximate surface area is 89.0 Å². The molecule has 0 amide bonds. The second-order valence-electron chi connectivity index (χ2n) is 3.25. The molecule has 0 N–H and O–H groups in total. The third-order valence-electron chi connectivity index (χ3n) is 1.95. The summed E-state index contributed by atoms with van der Waals surface area (Å²) in [5.74, 6) is -0.448. The second-order valence-corrected chi connectivity index (χ2v) is 4.89. The summed E-state index contributed by atoms with van der Waals surface area (Å²) < 4.78 is 39.2. The molecule has 0 aliphatic carbocycles. The van der Waals surface area contributed by atoms with Gasteiger partial charge in [-0.05, 0) is 18.1 Å². The minimum atomic E-state index is -3.53. The predicted octanol–water partition coefficient (Wildman–Crippen LogP) is 1.86. The van der Waals surface area contributed by atoms with Gasteiger partial charge in [0.1, 0.15) is 5.82 Å². The van der Waals surface area contributed by atoms with Gasteiger partial charge in [0, 0.05) is 5.56 Å². The monoisotopic (exact) mass is 232 g/mol. The van der Waals surface area contributed by atoms with Crippen molar-refractivity contribution in [2.45, 2.75) is 20.0 Å². The Morgan fingerprint density at radius 2 is 2.07 bits per heavy atom. The van der Waals surface area contributed by atoms with Crippen LogP contribution in [-0.2, 0) is 27.3 Å². The third-order valence-corrected chi connectivity index (χ3v) is 2.49.